The first kappa shape index (κ1) is 15.5. The van der Waals surface area contributed by atoms with E-state index < -0.39 is 11.5 Å². The quantitative estimate of drug-likeness (QED) is 0.591. The Bertz CT molecular complexity index is 527. The van der Waals surface area contributed by atoms with E-state index in [9.17, 15) is 14.7 Å². The molecule has 122 valence electrons. The fourth-order valence-corrected chi connectivity index (χ4v) is 5.03. The van der Waals surface area contributed by atoms with E-state index in [0.29, 0.717) is 18.4 Å². The van der Waals surface area contributed by atoms with E-state index >= 15 is 0 Å². The summed E-state index contributed by atoms with van der Waals surface area (Å²) in [5.74, 6) is -0.401. The van der Waals surface area contributed by atoms with Gasteiger partial charge in [-0.15, -0.1) is 0 Å². The molecule has 22 heavy (non-hydrogen) atoms. The molecule has 5 nitrogen and oxygen atoms in total. The largest absolute Gasteiger partial charge is 0.462 e. The maximum absolute atomic E-state index is 11.8. The topological polar surface area (TPSA) is 72.8 Å². The van der Waals surface area contributed by atoms with Crippen molar-refractivity contribution in [1.82, 2.24) is 0 Å². The zero-order chi connectivity index (χ0) is 16.2. The molecule has 3 fully saturated rings. The normalized spacial score (nSPS) is 47.5. The Morgan fingerprint density at radius 1 is 1.45 bits per heavy atom. The van der Waals surface area contributed by atoms with Crippen LogP contribution in [0.25, 0.3) is 0 Å². The Kier molecular flexibility index (Phi) is 3.59. The van der Waals surface area contributed by atoms with Gasteiger partial charge in [-0.05, 0) is 18.8 Å². The number of esters is 2. The van der Waals surface area contributed by atoms with Gasteiger partial charge in [0.2, 0.25) is 0 Å². The molecule has 0 aromatic heterocycles. The fourth-order valence-electron chi connectivity index (χ4n) is 5.03. The molecule has 5 heteroatoms. The van der Waals surface area contributed by atoms with Crippen LogP contribution in [0.15, 0.2) is 12.2 Å². The van der Waals surface area contributed by atoms with Crippen LogP contribution in [0, 0.1) is 23.2 Å². The lowest BCUT2D eigenvalue weighted by Gasteiger charge is -2.38. The highest BCUT2D eigenvalue weighted by atomic mass is 16.6. The van der Waals surface area contributed by atoms with E-state index in [1.807, 2.05) is 6.92 Å². The summed E-state index contributed by atoms with van der Waals surface area (Å²) >= 11 is 0. The van der Waals surface area contributed by atoms with Crippen molar-refractivity contribution < 1.29 is 24.2 Å². The van der Waals surface area contributed by atoms with Crippen LogP contribution in [-0.2, 0) is 19.1 Å². The van der Waals surface area contributed by atoms with Crippen LogP contribution in [0.5, 0.6) is 0 Å². The number of rotatable bonds is 1. The maximum Gasteiger partial charge on any atom is 0.334 e. The standard InChI is InChI=1S/C17H24O5/c1-8-5-12-11(9(2)16(20)22-12)7-17(4)14(19)6-13(15(8)17)21-10(3)18/h8,11-15,19H,2,5-7H2,1,3-4H3/t8-,11+,12+,13+,14-,15+,17+/m0/s1. The number of carbonyl (C=O) groups is 2. The summed E-state index contributed by atoms with van der Waals surface area (Å²) in [5.41, 5.74) is 0.123. The van der Waals surface area contributed by atoms with Crippen molar-refractivity contribution in [3.05, 3.63) is 12.2 Å². The molecule has 3 aliphatic rings. The van der Waals surface area contributed by atoms with Crippen LogP contribution in [-0.4, -0.2) is 35.4 Å². The van der Waals surface area contributed by atoms with E-state index in [-0.39, 0.29) is 41.9 Å². The molecule has 1 N–H and O–H groups in total. The van der Waals surface area contributed by atoms with Gasteiger partial charge in [0.05, 0.1) is 6.10 Å². The lowest BCUT2D eigenvalue weighted by Crippen LogP contribution is -2.38. The molecule has 0 bridgehead atoms. The van der Waals surface area contributed by atoms with Crippen LogP contribution >= 0.6 is 0 Å². The minimum Gasteiger partial charge on any atom is -0.462 e. The van der Waals surface area contributed by atoms with Crippen molar-refractivity contribution in [3.63, 3.8) is 0 Å². The zero-order valence-corrected chi connectivity index (χ0v) is 13.4. The molecule has 3 rings (SSSR count). The average molecular weight is 308 g/mol. The number of aliphatic hydroxyl groups is 1. The van der Waals surface area contributed by atoms with E-state index in [1.54, 1.807) is 0 Å². The highest BCUT2D eigenvalue weighted by Gasteiger charge is 2.60. The monoisotopic (exact) mass is 308 g/mol. The van der Waals surface area contributed by atoms with Crippen LogP contribution in [0.2, 0.25) is 0 Å². The third-order valence-electron chi connectivity index (χ3n) is 5.99. The summed E-state index contributed by atoms with van der Waals surface area (Å²) in [7, 11) is 0. The highest BCUT2D eigenvalue weighted by molar-refractivity contribution is 5.90. The lowest BCUT2D eigenvalue weighted by atomic mass is 9.69. The van der Waals surface area contributed by atoms with Gasteiger partial charge in [-0.2, -0.15) is 0 Å². The Labute approximate surface area is 130 Å². The Morgan fingerprint density at radius 2 is 2.14 bits per heavy atom. The van der Waals surface area contributed by atoms with Crippen molar-refractivity contribution in [2.75, 3.05) is 0 Å². The SMILES string of the molecule is C=C1C(=O)O[C@@H]2C[C@H](C)[C@@H]3[C@H](OC(C)=O)C[C@H](O)[C@@]3(C)C[C@H]12. The van der Waals surface area contributed by atoms with Gasteiger partial charge in [-0.3, -0.25) is 4.79 Å². The van der Waals surface area contributed by atoms with Gasteiger partial charge in [0, 0.05) is 36.2 Å². The lowest BCUT2D eigenvalue weighted by molar-refractivity contribution is -0.150. The minimum atomic E-state index is -0.549. The minimum absolute atomic E-state index is 0.0457. The molecule has 0 aromatic carbocycles. The van der Waals surface area contributed by atoms with E-state index in [1.165, 1.54) is 6.92 Å². The molecule has 7 atom stereocenters. The molecule has 0 radical (unpaired) electrons. The van der Waals surface area contributed by atoms with Crippen LogP contribution in [0.1, 0.15) is 40.0 Å². The maximum atomic E-state index is 11.8. The van der Waals surface area contributed by atoms with Crippen LogP contribution in [0.3, 0.4) is 0 Å². The summed E-state index contributed by atoms with van der Waals surface area (Å²) < 4.78 is 10.9. The average Bonchev–Trinajstić information content (AvgIpc) is 2.73. The first-order valence-corrected chi connectivity index (χ1v) is 7.99. The fraction of sp³-hybridized carbons (Fsp3) is 0.765. The van der Waals surface area contributed by atoms with Gasteiger partial charge in [0.25, 0.3) is 0 Å². The van der Waals surface area contributed by atoms with E-state index in [0.717, 1.165) is 6.42 Å². The summed E-state index contributed by atoms with van der Waals surface area (Å²) in [5, 5.41) is 10.6. The third-order valence-corrected chi connectivity index (χ3v) is 5.99. The molecule has 0 unspecified atom stereocenters. The first-order chi connectivity index (χ1) is 10.2. The van der Waals surface area contributed by atoms with Crippen molar-refractivity contribution in [1.29, 1.82) is 0 Å². The second kappa shape index (κ2) is 5.08. The number of ether oxygens (including phenoxy) is 2. The van der Waals surface area contributed by atoms with Gasteiger partial charge in [0.1, 0.15) is 12.2 Å². The van der Waals surface area contributed by atoms with E-state index in [4.69, 9.17) is 9.47 Å². The highest BCUT2D eigenvalue weighted by Crippen LogP contribution is 2.57. The van der Waals surface area contributed by atoms with Crippen molar-refractivity contribution >= 4 is 11.9 Å². The zero-order valence-electron chi connectivity index (χ0n) is 13.4. The Hall–Kier alpha value is -1.36. The molecule has 0 aromatic rings. The van der Waals surface area contributed by atoms with Crippen LogP contribution < -0.4 is 0 Å². The molecule has 1 heterocycles. The van der Waals surface area contributed by atoms with Gasteiger partial charge in [0.15, 0.2) is 0 Å². The second-order valence-electron chi connectivity index (χ2n) is 7.42. The molecule has 2 saturated carbocycles. The third kappa shape index (κ3) is 2.18. The molecule has 1 saturated heterocycles. The van der Waals surface area contributed by atoms with Gasteiger partial charge >= 0.3 is 11.9 Å². The first-order valence-electron chi connectivity index (χ1n) is 7.99. The van der Waals surface area contributed by atoms with Crippen LogP contribution in [0.4, 0.5) is 0 Å². The summed E-state index contributed by atoms with van der Waals surface area (Å²) in [6.07, 6.45) is 0.851. The van der Waals surface area contributed by atoms with Gasteiger partial charge in [-0.25, -0.2) is 4.79 Å². The number of fused-ring (bicyclic) bond motifs is 2. The second-order valence-corrected chi connectivity index (χ2v) is 7.42. The summed E-state index contributed by atoms with van der Waals surface area (Å²) in [6.45, 7) is 9.42. The molecule has 2 aliphatic carbocycles. The van der Waals surface area contributed by atoms with Crippen molar-refractivity contribution in [3.8, 4) is 0 Å². The molecular weight excluding hydrogens is 284 g/mol. The Balaban J connectivity index is 1.94. The van der Waals surface area contributed by atoms with Gasteiger partial charge < -0.3 is 14.6 Å². The predicted octanol–water partition coefficient (Wildman–Crippen LogP) is 1.83. The summed E-state index contributed by atoms with van der Waals surface area (Å²) in [4.78, 5) is 23.2. The van der Waals surface area contributed by atoms with Crippen molar-refractivity contribution in [2.24, 2.45) is 23.2 Å². The van der Waals surface area contributed by atoms with E-state index in [2.05, 4.69) is 13.5 Å². The number of hydrogen-bond acceptors (Lipinski definition) is 5. The van der Waals surface area contributed by atoms with Gasteiger partial charge in [-0.1, -0.05) is 20.4 Å². The Morgan fingerprint density at radius 3 is 2.77 bits per heavy atom. The molecule has 0 amide bonds. The number of carbonyl (C=O) groups excluding carboxylic acids is 2. The summed E-state index contributed by atoms with van der Waals surface area (Å²) in [6, 6.07) is 0. The molecule has 0 spiro atoms. The molecular formula is C17H24O5. The molecule has 1 aliphatic heterocycles. The smallest absolute Gasteiger partial charge is 0.334 e. The predicted molar refractivity (Wildman–Crippen MR) is 78.7 cm³/mol. The number of aliphatic hydroxyl groups excluding tert-OH is 1. The number of hydrogen-bond donors (Lipinski definition) is 1. The van der Waals surface area contributed by atoms with Crippen molar-refractivity contribution in [2.45, 2.75) is 58.3 Å².